The first kappa shape index (κ1) is 12.4. The maximum Gasteiger partial charge on any atom is 0.307 e. The number of aromatic nitrogens is 2. The van der Waals surface area contributed by atoms with Crippen molar-refractivity contribution in [3.63, 3.8) is 0 Å². The number of nitrogens with zero attached hydrogens (tertiary/aromatic N) is 3. The molecule has 0 N–H and O–H groups in total. The van der Waals surface area contributed by atoms with Gasteiger partial charge in [0.1, 0.15) is 0 Å². The summed E-state index contributed by atoms with van der Waals surface area (Å²) in [7, 11) is 0. The highest BCUT2D eigenvalue weighted by Crippen LogP contribution is 2.29. The van der Waals surface area contributed by atoms with E-state index in [-0.39, 0.29) is 10.8 Å². The molecule has 18 heavy (non-hydrogen) atoms. The summed E-state index contributed by atoms with van der Waals surface area (Å²) in [5.41, 5.74) is 2.38. The van der Waals surface area contributed by atoms with Crippen LogP contribution in [0.5, 0.6) is 0 Å². The minimum absolute atomic E-state index is 0.101. The fraction of sp³-hybridized carbons (Fsp3) is 0.167. The standard InChI is InChI=1S/C12H10ClN3O2/c1-2-8-6-14-4-3-10(8)9-5-11(16(17)18)12(13)15-7-9/h3-7H,2H2,1H3. The molecule has 2 heterocycles. The van der Waals surface area contributed by atoms with Crippen LogP contribution in [-0.4, -0.2) is 14.9 Å². The maximum atomic E-state index is 10.8. The van der Waals surface area contributed by atoms with Gasteiger partial charge in [0.2, 0.25) is 5.15 Å². The van der Waals surface area contributed by atoms with E-state index in [4.69, 9.17) is 11.6 Å². The van der Waals surface area contributed by atoms with Crippen LogP contribution in [-0.2, 0) is 6.42 Å². The normalized spacial score (nSPS) is 10.3. The molecule has 92 valence electrons. The lowest BCUT2D eigenvalue weighted by atomic mass is 10.0. The number of hydrogen-bond donors (Lipinski definition) is 0. The highest BCUT2D eigenvalue weighted by Gasteiger charge is 2.16. The summed E-state index contributed by atoms with van der Waals surface area (Å²) < 4.78 is 0. The Morgan fingerprint density at radius 2 is 2.22 bits per heavy atom. The molecule has 6 heteroatoms. The molecule has 0 saturated heterocycles. The molecule has 0 fully saturated rings. The smallest absolute Gasteiger partial charge is 0.264 e. The Morgan fingerprint density at radius 1 is 1.44 bits per heavy atom. The molecule has 0 unspecified atom stereocenters. The lowest BCUT2D eigenvalue weighted by Gasteiger charge is -2.06. The summed E-state index contributed by atoms with van der Waals surface area (Å²) >= 11 is 5.69. The second kappa shape index (κ2) is 5.10. The molecule has 0 radical (unpaired) electrons. The topological polar surface area (TPSA) is 68.9 Å². The molecule has 0 amide bonds. The van der Waals surface area contributed by atoms with Crippen LogP contribution < -0.4 is 0 Å². The van der Waals surface area contributed by atoms with Crippen LogP contribution >= 0.6 is 11.6 Å². The number of hydrogen-bond acceptors (Lipinski definition) is 4. The van der Waals surface area contributed by atoms with E-state index in [1.165, 1.54) is 12.3 Å². The molecule has 0 saturated carbocycles. The van der Waals surface area contributed by atoms with Gasteiger partial charge in [-0.15, -0.1) is 0 Å². The first-order chi connectivity index (χ1) is 8.63. The van der Waals surface area contributed by atoms with E-state index in [1.54, 1.807) is 12.4 Å². The van der Waals surface area contributed by atoms with E-state index < -0.39 is 4.92 Å². The molecule has 0 aliphatic rings. The van der Waals surface area contributed by atoms with Gasteiger partial charge in [-0.3, -0.25) is 15.1 Å². The minimum Gasteiger partial charge on any atom is -0.264 e. The van der Waals surface area contributed by atoms with Crippen molar-refractivity contribution in [1.29, 1.82) is 0 Å². The Kier molecular flexibility index (Phi) is 3.53. The van der Waals surface area contributed by atoms with E-state index in [0.717, 1.165) is 17.5 Å². The number of rotatable bonds is 3. The van der Waals surface area contributed by atoms with Crippen molar-refractivity contribution in [1.82, 2.24) is 9.97 Å². The second-order valence-corrected chi connectivity index (χ2v) is 4.04. The summed E-state index contributed by atoms with van der Waals surface area (Å²) in [5.74, 6) is 0. The maximum absolute atomic E-state index is 10.8. The quantitative estimate of drug-likeness (QED) is 0.484. The van der Waals surface area contributed by atoms with Gasteiger partial charge in [0.15, 0.2) is 0 Å². The fourth-order valence-electron chi connectivity index (χ4n) is 1.70. The van der Waals surface area contributed by atoms with E-state index in [2.05, 4.69) is 9.97 Å². The fourth-order valence-corrected chi connectivity index (χ4v) is 1.87. The van der Waals surface area contributed by atoms with Gasteiger partial charge in [0, 0.05) is 30.2 Å². The van der Waals surface area contributed by atoms with Crippen LogP contribution in [0, 0.1) is 10.1 Å². The third-order valence-corrected chi connectivity index (χ3v) is 2.90. The predicted molar refractivity (Wildman–Crippen MR) is 68.5 cm³/mol. The molecule has 0 aliphatic heterocycles. The third-order valence-electron chi connectivity index (χ3n) is 2.61. The zero-order chi connectivity index (χ0) is 13.1. The van der Waals surface area contributed by atoms with Crippen LogP contribution in [0.2, 0.25) is 5.15 Å². The van der Waals surface area contributed by atoms with Gasteiger partial charge in [-0.1, -0.05) is 18.5 Å². The number of nitro groups is 1. The zero-order valence-electron chi connectivity index (χ0n) is 9.63. The summed E-state index contributed by atoms with van der Waals surface area (Å²) in [6.45, 7) is 2.00. The molecule has 0 spiro atoms. The van der Waals surface area contributed by atoms with Crippen molar-refractivity contribution >= 4 is 17.3 Å². The summed E-state index contributed by atoms with van der Waals surface area (Å²) in [4.78, 5) is 18.2. The molecule has 2 rings (SSSR count). The second-order valence-electron chi connectivity index (χ2n) is 3.68. The van der Waals surface area contributed by atoms with Gasteiger partial charge >= 0.3 is 5.69 Å². The van der Waals surface area contributed by atoms with E-state index in [9.17, 15) is 10.1 Å². The van der Waals surface area contributed by atoms with Gasteiger partial charge < -0.3 is 0 Å². The largest absolute Gasteiger partial charge is 0.307 e. The Labute approximate surface area is 109 Å². The van der Waals surface area contributed by atoms with E-state index in [1.807, 2.05) is 13.0 Å². The Hall–Kier alpha value is -2.01. The van der Waals surface area contributed by atoms with Crippen molar-refractivity contribution in [3.05, 3.63) is 51.6 Å². The highest BCUT2D eigenvalue weighted by molar-refractivity contribution is 6.31. The van der Waals surface area contributed by atoms with Crippen molar-refractivity contribution in [2.75, 3.05) is 0 Å². The van der Waals surface area contributed by atoms with Crippen LogP contribution in [0.25, 0.3) is 11.1 Å². The average Bonchev–Trinajstić information content (AvgIpc) is 2.39. The molecule has 0 aromatic carbocycles. The monoisotopic (exact) mass is 263 g/mol. The van der Waals surface area contributed by atoms with Gasteiger partial charge in [-0.25, -0.2) is 4.98 Å². The zero-order valence-corrected chi connectivity index (χ0v) is 10.4. The summed E-state index contributed by atoms with van der Waals surface area (Å²) in [6, 6.07) is 3.25. The lowest BCUT2D eigenvalue weighted by molar-refractivity contribution is -0.385. The minimum atomic E-state index is -0.536. The van der Waals surface area contributed by atoms with Gasteiger partial charge in [0.05, 0.1) is 4.92 Å². The Balaban J connectivity index is 2.58. The molecule has 2 aromatic heterocycles. The first-order valence-electron chi connectivity index (χ1n) is 5.36. The number of aryl methyl sites for hydroxylation is 1. The van der Waals surface area contributed by atoms with E-state index in [0.29, 0.717) is 5.56 Å². The molecular formula is C12H10ClN3O2. The van der Waals surface area contributed by atoms with Crippen molar-refractivity contribution in [2.24, 2.45) is 0 Å². The molecule has 5 nitrogen and oxygen atoms in total. The SMILES string of the molecule is CCc1cnccc1-c1cnc(Cl)c([N+](=O)[O-])c1. The average molecular weight is 264 g/mol. The molecule has 2 aromatic rings. The summed E-state index contributed by atoms with van der Waals surface area (Å²) in [5, 5.41) is 10.7. The third kappa shape index (κ3) is 2.31. The highest BCUT2D eigenvalue weighted by atomic mass is 35.5. The van der Waals surface area contributed by atoms with Crippen LogP contribution in [0.15, 0.2) is 30.7 Å². The molecule has 0 aliphatic carbocycles. The van der Waals surface area contributed by atoms with Crippen LogP contribution in [0.4, 0.5) is 5.69 Å². The van der Waals surface area contributed by atoms with E-state index >= 15 is 0 Å². The molecule has 0 bridgehead atoms. The number of halogens is 1. The van der Waals surface area contributed by atoms with Gasteiger partial charge in [-0.2, -0.15) is 0 Å². The molecule has 0 atom stereocenters. The Morgan fingerprint density at radius 3 is 2.89 bits per heavy atom. The number of pyridine rings is 2. The molecular weight excluding hydrogens is 254 g/mol. The lowest BCUT2D eigenvalue weighted by Crippen LogP contribution is -1.94. The Bertz CT molecular complexity index is 602. The van der Waals surface area contributed by atoms with Crippen molar-refractivity contribution < 1.29 is 4.92 Å². The van der Waals surface area contributed by atoms with Crippen molar-refractivity contribution in [2.45, 2.75) is 13.3 Å². The van der Waals surface area contributed by atoms with Crippen LogP contribution in [0.1, 0.15) is 12.5 Å². The van der Waals surface area contributed by atoms with Gasteiger partial charge in [0.25, 0.3) is 0 Å². The predicted octanol–water partition coefficient (Wildman–Crippen LogP) is 3.27. The first-order valence-corrected chi connectivity index (χ1v) is 5.74. The van der Waals surface area contributed by atoms with Crippen LogP contribution in [0.3, 0.4) is 0 Å². The van der Waals surface area contributed by atoms with Gasteiger partial charge in [-0.05, 0) is 23.6 Å². The summed E-state index contributed by atoms with van der Waals surface area (Å²) in [6.07, 6.45) is 5.72. The van der Waals surface area contributed by atoms with Crippen molar-refractivity contribution in [3.8, 4) is 11.1 Å².